The van der Waals surface area contributed by atoms with Gasteiger partial charge in [-0.3, -0.25) is 18.9 Å². The molecule has 0 unspecified atom stereocenters. The Morgan fingerprint density at radius 3 is 2.60 bits per heavy atom. The van der Waals surface area contributed by atoms with Crippen molar-refractivity contribution in [2.45, 2.75) is 6.54 Å². The topological polar surface area (TPSA) is 94.2 Å². The summed E-state index contributed by atoms with van der Waals surface area (Å²) in [5.74, 6) is -1.13. The molecule has 7 nitrogen and oxygen atoms in total. The van der Waals surface area contributed by atoms with E-state index in [1.807, 2.05) is 0 Å². The molecule has 2 aromatic heterocycles. The maximum absolute atomic E-state index is 12.6. The van der Waals surface area contributed by atoms with Crippen LogP contribution in [0.2, 0.25) is 0 Å². The predicted octanol–water partition coefficient (Wildman–Crippen LogP) is 1.51. The van der Waals surface area contributed by atoms with Crippen molar-refractivity contribution in [3.63, 3.8) is 0 Å². The van der Waals surface area contributed by atoms with Crippen molar-refractivity contribution in [3.8, 4) is 0 Å². The molecule has 0 saturated heterocycles. The molecule has 7 heteroatoms. The van der Waals surface area contributed by atoms with Gasteiger partial charge in [0.25, 0.3) is 5.56 Å². The van der Waals surface area contributed by atoms with E-state index in [0.717, 1.165) is 10.1 Å². The molecule has 0 bridgehead atoms. The Kier molecular flexibility index (Phi) is 4.30. The van der Waals surface area contributed by atoms with Gasteiger partial charge in [-0.05, 0) is 35.9 Å². The minimum absolute atomic E-state index is 0.00197. The van der Waals surface area contributed by atoms with Crippen molar-refractivity contribution in [3.05, 3.63) is 80.8 Å². The van der Waals surface area contributed by atoms with E-state index < -0.39 is 17.2 Å². The normalized spacial score (nSPS) is 11.2. The molecule has 1 aromatic carbocycles. The number of allylic oxidation sites excluding steroid dienone is 1. The summed E-state index contributed by atoms with van der Waals surface area (Å²) < 4.78 is 2.41. The number of benzene rings is 1. The first-order chi connectivity index (χ1) is 12.0. The van der Waals surface area contributed by atoms with Crippen LogP contribution in [-0.2, 0) is 13.6 Å². The number of aryl methyl sites for hydroxylation is 1. The Bertz CT molecular complexity index is 1090. The third-order valence-electron chi connectivity index (χ3n) is 3.90. The lowest BCUT2D eigenvalue weighted by Crippen LogP contribution is -2.38. The highest BCUT2D eigenvalue weighted by atomic mass is 16.4. The van der Waals surface area contributed by atoms with Gasteiger partial charge in [-0.2, -0.15) is 0 Å². The summed E-state index contributed by atoms with van der Waals surface area (Å²) in [6, 6.07) is 7.74. The molecule has 0 spiro atoms. The van der Waals surface area contributed by atoms with Crippen molar-refractivity contribution in [1.82, 2.24) is 14.1 Å². The lowest BCUT2D eigenvalue weighted by molar-refractivity contribution is 0.0697. The van der Waals surface area contributed by atoms with Gasteiger partial charge < -0.3 is 5.11 Å². The van der Waals surface area contributed by atoms with Crippen LogP contribution in [-0.4, -0.2) is 25.2 Å². The number of carbonyl (C=O) groups is 1. The van der Waals surface area contributed by atoms with E-state index >= 15 is 0 Å². The summed E-state index contributed by atoms with van der Waals surface area (Å²) in [4.78, 5) is 40.1. The molecule has 2 heterocycles. The molecule has 126 valence electrons. The Morgan fingerprint density at radius 2 is 1.92 bits per heavy atom. The zero-order valence-corrected chi connectivity index (χ0v) is 13.4. The first-order valence-electron chi connectivity index (χ1n) is 7.52. The second-order valence-electron chi connectivity index (χ2n) is 5.48. The first kappa shape index (κ1) is 16.4. The molecule has 0 aliphatic carbocycles. The van der Waals surface area contributed by atoms with Crippen LogP contribution < -0.4 is 11.2 Å². The van der Waals surface area contributed by atoms with E-state index in [1.54, 1.807) is 43.7 Å². The zero-order valence-electron chi connectivity index (χ0n) is 13.4. The Balaban J connectivity index is 2.08. The number of rotatable bonds is 4. The van der Waals surface area contributed by atoms with Gasteiger partial charge in [-0.25, -0.2) is 9.59 Å². The van der Waals surface area contributed by atoms with E-state index in [0.29, 0.717) is 5.52 Å². The quantitative estimate of drug-likeness (QED) is 0.779. The number of fused-ring (bicyclic) bond motifs is 1. The van der Waals surface area contributed by atoms with Crippen molar-refractivity contribution in [2.75, 3.05) is 0 Å². The predicted molar refractivity (Wildman–Crippen MR) is 93.7 cm³/mol. The Labute approximate surface area is 142 Å². The number of hydrogen-bond acceptors (Lipinski definition) is 4. The summed E-state index contributed by atoms with van der Waals surface area (Å²) >= 11 is 0. The molecule has 3 aromatic rings. The van der Waals surface area contributed by atoms with E-state index in [9.17, 15) is 14.4 Å². The zero-order chi connectivity index (χ0) is 18.0. The molecular weight excluding hydrogens is 322 g/mol. The van der Waals surface area contributed by atoms with Crippen molar-refractivity contribution < 1.29 is 9.90 Å². The molecule has 0 aliphatic rings. The van der Waals surface area contributed by atoms with Gasteiger partial charge in [0.2, 0.25) is 0 Å². The summed E-state index contributed by atoms with van der Waals surface area (Å²) in [6.07, 6.45) is 6.78. The third kappa shape index (κ3) is 3.12. The molecule has 1 N–H and O–H groups in total. The third-order valence-corrected chi connectivity index (χ3v) is 3.90. The van der Waals surface area contributed by atoms with Gasteiger partial charge in [0.05, 0.1) is 16.5 Å². The lowest BCUT2D eigenvalue weighted by atomic mass is 10.1. The molecule has 3 rings (SSSR count). The molecule has 25 heavy (non-hydrogen) atoms. The van der Waals surface area contributed by atoms with Crippen LogP contribution in [0.4, 0.5) is 0 Å². The van der Waals surface area contributed by atoms with Gasteiger partial charge in [0, 0.05) is 26.0 Å². The fourth-order valence-electron chi connectivity index (χ4n) is 2.58. The largest absolute Gasteiger partial charge is 0.478 e. The molecule has 0 fully saturated rings. The fraction of sp³-hybridized carbons (Fsp3) is 0.111. The van der Waals surface area contributed by atoms with Crippen molar-refractivity contribution in [1.29, 1.82) is 0 Å². The number of hydrogen-bond donors (Lipinski definition) is 1. The highest BCUT2D eigenvalue weighted by Crippen LogP contribution is 2.11. The minimum Gasteiger partial charge on any atom is -0.478 e. The van der Waals surface area contributed by atoms with Gasteiger partial charge in [-0.1, -0.05) is 12.2 Å². The Morgan fingerprint density at radius 1 is 1.20 bits per heavy atom. The second kappa shape index (κ2) is 6.56. The lowest BCUT2D eigenvalue weighted by Gasteiger charge is -2.09. The number of nitrogens with zero attached hydrogens (tertiary/aromatic N) is 3. The summed E-state index contributed by atoms with van der Waals surface area (Å²) in [5.41, 5.74) is 0.325. The maximum Gasteiger partial charge on any atom is 0.335 e. The molecular formula is C18H15N3O4. The van der Waals surface area contributed by atoms with Crippen molar-refractivity contribution in [2.24, 2.45) is 7.05 Å². The molecule has 0 atom stereocenters. The van der Waals surface area contributed by atoms with E-state index in [4.69, 9.17) is 5.11 Å². The van der Waals surface area contributed by atoms with Gasteiger partial charge >= 0.3 is 11.7 Å². The van der Waals surface area contributed by atoms with Crippen molar-refractivity contribution >= 4 is 22.9 Å². The highest BCUT2D eigenvalue weighted by molar-refractivity contribution is 5.93. The number of aromatic carboxylic acids is 1. The van der Waals surface area contributed by atoms with Gasteiger partial charge in [-0.15, -0.1) is 0 Å². The Hall–Kier alpha value is -3.48. The second-order valence-corrected chi connectivity index (χ2v) is 5.48. The van der Waals surface area contributed by atoms with Gasteiger partial charge in [0.1, 0.15) is 0 Å². The average molecular weight is 337 g/mol. The number of carboxylic acids is 1. The van der Waals surface area contributed by atoms with E-state index in [1.165, 1.54) is 22.8 Å². The molecule has 0 saturated carbocycles. The highest BCUT2D eigenvalue weighted by Gasteiger charge is 2.12. The number of aromatic nitrogens is 3. The van der Waals surface area contributed by atoms with Gasteiger partial charge in [0.15, 0.2) is 0 Å². The molecule has 0 amide bonds. The summed E-state index contributed by atoms with van der Waals surface area (Å²) in [6.45, 7) is 0.0844. The van der Waals surface area contributed by atoms with E-state index in [2.05, 4.69) is 4.98 Å². The van der Waals surface area contributed by atoms with E-state index in [-0.39, 0.29) is 17.5 Å². The van der Waals surface area contributed by atoms with Crippen LogP contribution in [0.5, 0.6) is 0 Å². The van der Waals surface area contributed by atoms with Crippen LogP contribution in [0, 0.1) is 0 Å². The fourth-order valence-corrected chi connectivity index (χ4v) is 2.58. The van der Waals surface area contributed by atoms with Crippen LogP contribution in [0.3, 0.4) is 0 Å². The van der Waals surface area contributed by atoms with Crippen LogP contribution in [0.1, 0.15) is 15.9 Å². The van der Waals surface area contributed by atoms with Crippen LogP contribution in [0.15, 0.2) is 58.4 Å². The first-order valence-corrected chi connectivity index (χ1v) is 7.52. The summed E-state index contributed by atoms with van der Waals surface area (Å²) in [7, 11) is 1.55. The summed E-state index contributed by atoms with van der Waals surface area (Å²) in [5, 5.41) is 9.30. The maximum atomic E-state index is 12.6. The smallest absolute Gasteiger partial charge is 0.335 e. The monoisotopic (exact) mass is 337 g/mol. The standard InChI is InChI=1S/C18H15N3O4/c1-20-15-5-4-13(17(23)24)11-14(15)16(22)21(18(20)25)10-2-3-12-6-8-19-9-7-12/h2-9,11H,10H2,1H3,(H,23,24). The minimum atomic E-state index is -1.13. The average Bonchev–Trinajstić information content (AvgIpc) is 2.63. The SMILES string of the molecule is Cn1c(=O)n(CC=Cc2ccncc2)c(=O)c2cc(C(=O)O)ccc21. The van der Waals surface area contributed by atoms with Crippen LogP contribution in [0.25, 0.3) is 17.0 Å². The number of carboxylic acid groups (broad SMARTS) is 1. The van der Waals surface area contributed by atoms with Crippen LogP contribution >= 0.6 is 0 Å². The molecule has 0 aliphatic heterocycles. The molecule has 0 radical (unpaired) electrons. The number of pyridine rings is 1.